The van der Waals surface area contributed by atoms with E-state index < -0.39 is 0 Å². The third-order valence-electron chi connectivity index (χ3n) is 3.30. The van der Waals surface area contributed by atoms with Crippen LogP contribution in [0, 0.1) is 0 Å². The minimum absolute atomic E-state index is 0.737. The molecule has 0 N–H and O–H groups in total. The van der Waals surface area contributed by atoms with Gasteiger partial charge in [-0.05, 0) is 37.9 Å². The van der Waals surface area contributed by atoms with Crippen LogP contribution < -0.4 is 4.74 Å². The molecule has 0 saturated carbocycles. The highest BCUT2D eigenvalue weighted by Crippen LogP contribution is 2.19. The number of aryl methyl sites for hydroxylation is 1. The molecular formula is C15H23NO2. The number of hydrogen-bond donors (Lipinski definition) is 0. The summed E-state index contributed by atoms with van der Waals surface area (Å²) in [5.41, 5.74) is 1.33. The molecule has 1 saturated heterocycles. The van der Waals surface area contributed by atoms with Gasteiger partial charge in [-0.1, -0.05) is 18.2 Å². The zero-order valence-corrected chi connectivity index (χ0v) is 11.2. The molecule has 1 aliphatic heterocycles. The van der Waals surface area contributed by atoms with E-state index >= 15 is 0 Å². The number of rotatable bonds is 6. The van der Waals surface area contributed by atoms with Crippen LogP contribution in [0.2, 0.25) is 0 Å². The summed E-state index contributed by atoms with van der Waals surface area (Å²) in [5, 5.41) is 0. The van der Waals surface area contributed by atoms with Gasteiger partial charge in [0.1, 0.15) is 5.75 Å². The lowest BCUT2D eigenvalue weighted by Gasteiger charge is -2.26. The second-order valence-corrected chi connectivity index (χ2v) is 4.60. The molecule has 1 heterocycles. The maximum atomic E-state index is 5.65. The molecule has 3 heteroatoms. The molecule has 1 aromatic rings. The van der Waals surface area contributed by atoms with Crippen molar-refractivity contribution in [3.8, 4) is 5.75 Å². The van der Waals surface area contributed by atoms with E-state index in [1.54, 1.807) is 0 Å². The highest BCUT2D eigenvalue weighted by atomic mass is 16.5. The van der Waals surface area contributed by atoms with Gasteiger partial charge in [-0.15, -0.1) is 0 Å². The van der Waals surface area contributed by atoms with E-state index in [-0.39, 0.29) is 0 Å². The van der Waals surface area contributed by atoms with Crippen molar-refractivity contribution in [2.45, 2.75) is 19.8 Å². The van der Waals surface area contributed by atoms with Crippen LogP contribution in [-0.4, -0.2) is 44.4 Å². The van der Waals surface area contributed by atoms with Crippen LogP contribution in [0.5, 0.6) is 5.75 Å². The molecule has 3 nitrogen and oxygen atoms in total. The summed E-state index contributed by atoms with van der Waals surface area (Å²) in [6.45, 7) is 7.85. The molecule has 100 valence electrons. The molecule has 0 aromatic heterocycles. The van der Waals surface area contributed by atoms with Gasteiger partial charge in [0.2, 0.25) is 0 Å². The Morgan fingerprint density at radius 3 is 2.78 bits per heavy atom. The van der Waals surface area contributed by atoms with Crippen molar-refractivity contribution in [3.05, 3.63) is 29.8 Å². The van der Waals surface area contributed by atoms with Crippen LogP contribution in [0.15, 0.2) is 24.3 Å². The molecule has 0 aliphatic carbocycles. The van der Waals surface area contributed by atoms with Crippen LogP contribution in [0.3, 0.4) is 0 Å². The molecule has 2 rings (SSSR count). The van der Waals surface area contributed by atoms with Gasteiger partial charge >= 0.3 is 0 Å². The van der Waals surface area contributed by atoms with Crippen LogP contribution in [0.4, 0.5) is 0 Å². The molecule has 0 unspecified atom stereocenters. The van der Waals surface area contributed by atoms with Crippen molar-refractivity contribution in [2.24, 2.45) is 0 Å². The highest BCUT2D eigenvalue weighted by molar-refractivity contribution is 5.33. The largest absolute Gasteiger partial charge is 0.494 e. The number of ether oxygens (including phenoxy) is 2. The first-order valence-corrected chi connectivity index (χ1v) is 6.91. The molecule has 18 heavy (non-hydrogen) atoms. The second-order valence-electron chi connectivity index (χ2n) is 4.60. The molecule has 0 spiro atoms. The average Bonchev–Trinajstić information content (AvgIpc) is 2.42. The Morgan fingerprint density at radius 2 is 2.00 bits per heavy atom. The van der Waals surface area contributed by atoms with Gasteiger partial charge in [0.05, 0.1) is 19.8 Å². The van der Waals surface area contributed by atoms with Crippen molar-refractivity contribution in [1.82, 2.24) is 4.90 Å². The minimum Gasteiger partial charge on any atom is -0.494 e. The maximum Gasteiger partial charge on any atom is 0.122 e. The van der Waals surface area contributed by atoms with E-state index in [0.29, 0.717) is 0 Å². The normalized spacial score (nSPS) is 16.7. The fourth-order valence-electron chi connectivity index (χ4n) is 2.32. The average molecular weight is 249 g/mol. The van der Waals surface area contributed by atoms with Crippen molar-refractivity contribution < 1.29 is 9.47 Å². The van der Waals surface area contributed by atoms with Crippen LogP contribution >= 0.6 is 0 Å². The summed E-state index contributed by atoms with van der Waals surface area (Å²) in [4.78, 5) is 2.48. The fourth-order valence-corrected chi connectivity index (χ4v) is 2.32. The number of benzene rings is 1. The van der Waals surface area contributed by atoms with Gasteiger partial charge in [-0.2, -0.15) is 0 Å². The highest BCUT2D eigenvalue weighted by Gasteiger charge is 2.10. The monoisotopic (exact) mass is 249 g/mol. The molecule has 0 amide bonds. The van der Waals surface area contributed by atoms with Crippen LogP contribution in [0.25, 0.3) is 0 Å². The van der Waals surface area contributed by atoms with Crippen molar-refractivity contribution >= 4 is 0 Å². The van der Waals surface area contributed by atoms with Crippen molar-refractivity contribution in [1.29, 1.82) is 0 Å². The van der Waals surface area contributed by atoms with Crippen LogP contribution in [0.1, 0.15) is 18.9 Å². The molecule has 0 bridgehead atoms. The predicted molar refractivity (Wildman–Crippen MR) is 73.2 cm³/mol. The first kappa shape index (κ1) is 13.4. The topological polar surface area (TPSA) is 21.7 Å². The van der Waals surface area contributed by atoms with E-state index in [1.165, 1.54) is 12.0 Å². The summed E-state index contributed by atoms with van der Waals surface area (Å²) >= 11 is 0. The van der Waals surface area contributed by atoms with Crippen molar-refractivity contribution in [2.75, 3.05) is 39.5 Å². The summed E-state index contributed by atoms with van der Waals surface area (Å²) in [6.07, 6.45) is 2.28. The lowest BCUT2D eigenvalue weighted by molar-refractivity contribution is 0.0374. The zero-order chi connectivity index (χ0) is 12.6. The van der Waals surface area contributed by atoms with Crippen LogP contribution in [-0.2, 0) is 11.2 Å². The standard InChI is InChI=1S/C15H23NO2/c1-2-18-15-8-4-3-6-14(15)7-5-9-16-10-12-17-13-11-16/h3-4,6,8H,2,5,7,9-13H2,1H3. The second kappa shape index (κ2) is 7.39. The Kier molecular flexibility index (Phi) is 5.49. The third kappa shape index (κ3) is 4.00. The first-order valence-electron chi connectivity index (χ1n) is 6.91. The smallest absolute Gasteiger partial charge is 0.122 e. The predicted octanol–water partition coefficient (Wildman–Crippen LogP) is 2.35. The molecule has 1 fully saturated rings. The number of hydrogen-bond acceptors (Lipinski definition) is 3. The number of morpholine rings is 1. The van der Waals surface area contributed by atoms with E-state index in [4.69, 9.17) is 9.47 Å². The Hall–Kier alpha value is -1.06. The molecule has 1 aliphatic rings. The Bertz CT molecular complexity index is 348. The molecule has 0 atom stereocenters. The van der Waals surface area contributed by atoms with Gasteiger partial charge in [0.15, 0.2) is 0 Å². The minimum atomic E-state index is 0.737. The van der Waals surface area contributed by atoms with E-state index in [2.05, 4.69) is 23.1 Å². The molecule has 1 aromatic carbocycles. The Balaban J connectivity index is 1.78. The van der Waals surface area contributed by atoms with Crippen molar-refractivity contribution in [3.63, 3.8) is 0 Å². The number of para-hydroxylation sites is 1. The summed E-state index contributed by atoms with van der Waals surface area (Å²) in [6, 6.07) is 8.36. The van der Waals surface area contributed by atoms with E-state index in [1.807, 2.05) is 13.0 Å². The maximum absolute atomic E-state index is 5.65. The molecular weight excluding hydrogens is 226 g/mol. The lowest BCUT2D eigenvalue weighted by Crippen LogP contribution is -2.36. The van der Waals surface area contributed by atoms with Gasteiger partial charge in [-0.25, -0.2) is 0 Å². The Morgan fingerprint density at radius 1 is 1.22 bits per heavy atom. The third-order valence-corrected chi connectivity index (χ3v) is 3.30. The van der Waals surface area contributed by atoms with Gasteiger partial charge < -0.3 is 9.47 Å². The summed E-state index contributed by atoms with van der Waals surface area (Å²) in [7, 11) is 0. The quantitative estimate of drug-likeness (QED) is 0.772. The summed E-state index contributed by atoms with van der Waals surface area (Å²) in [5.74, 6) is 1.04. The Labute approximate surface area is 110 Å². The van der Waals surface area contributed by atoms with E-state index in [0.717, 1.165) is 51.6 Å². The summed E-state index contributed by atoms with van der Waals surface area (Å²) < 4.78 is 11.0. The first-order chi connectivity index (χ1) is 8.90. The zero-order valence-electron chi connectivity index (χ0n) is 11.2. The van der Waals surface area contributed by atoms with Gasteiger partial charge in [0, 0.05) is 13.1 Å². The fraction of sp³-hybridized carbons (Fsp3) is 0.600. The lowest BCUT2D eigenvalue weighted by atomic mass is 10.1. The van der Waals surface area contributed by atoms with Gasteiger partial charge in [0.25, 0.3) is 0 Å². The number of nitrogens with zero attached hydrogens (tertiary/aromatic N) is 1. The molecule has 0 radical (unpaired) electrons. The van der Waals surface area contributed by atoms with E-state index in [9.17, 15) is 0 Å². The van der Waals surface area contributed by atoms with Gasteiger partial charge in [-0.3, -0.25) is 4.90 Å². The SMILES string of the molecule is CCOc1ccccc1CCCN1CCOCC1.